The number of amides is 1. The maximum Gasteiger partial charge on any atom is 0.251 e. The molecule has 0 bridgehead atoms. The summed E-state index contributed by atoms with van der Waals surface area (Å²) in [4.78, 5) is 13.4. The van der Waals surface area contributed by atoms with E-state index in [0.29, 0.717) is 0 Å². The van der Waals surface area contributed by atoms with E-state index in [0.717, 1.165) is 17.7 Å². The Hall–Kier alpha value is -2.33. The largest absolute Gasteiger partial charge is 0.381 e. The van der Waals surface area contributed by atoms with Gasteiger partial charge in [-0.15, -0.1) is 0 Å². The van der Waals surface area contributed by atoms with Crippen molar-refractivity contribution in [3.63, 3.8) is 0 Å². The maximum atomic E-state index is 11.4. The fourth-order valence-corrected chi connectivity index (χ4v) is 3.05. The van der Waals surface area contributed by atoms with E-state index in [4.69, 9.17) is 0 Å². The molecule has 3 atom stereocenters. The molecule has 1 unspecified atom stereocenters. The van der Waals surface area contributed by atoms with Crippen LogP contribution in [0.5, 0.6) is 0 Å². The van der Waals surface area contributed by atoms with E-state index in [1.165, 1.54) is 5.56 Å². The van der Waals surface area contributed by atoms with Gasteiger partial charge in [0, 0.05) is 25.7 Å². The fraction of sp³-hybridized carbons (Fsp3) is 0.316. The number of anilines is 1. The van der Waals surface area contributed by atoms with Crippen LogP contribution in [0.15, 0.2) is 54.6 Å². The Bertz CT molecular complexity index is 668. The number of carbonyl (C=O) groups is 1. The maximum absolute atomic E-state index is 11.4. The number of aliphatic hydroxyl groups excluding tert-OH is 1. The summed E-state index contributed by atoms with van der Waals surface area (Å²) in [7, 11) is 4.03. The van der Waals surface area contributed by atoms with Gasteiger partial charge < -0.3 is 15.3 Å². The van der Waals surface area contributed by atoms with E-state index in [1.807, 2.05) is 32.3 Å². The van der Waals surface area contributed by atoms with Crippen LogP contribution in [-0.2, 0) is 11.2 Å². The second kappa shape index (κ2) is 6.42. The van der Waals surface area contributed by atoms with Gasteiger partial charge in [0.2, 0.25) is 0 Å². The molecule has 0 aliphatic carbocycles. The highest BCUT2D eigenvalue weighted by molar-refractivity contribution is 5.88. The number of hydrogen-bond acceptors (Lipinski definition) is 3. The van der Waals surface area contributed by atoms with Crippen LogP contribution in [0.1, 0.15) is 17.0 Å². The van der Waals surface area contributed by atoms with Crippen molar-refractivity contribution in [3.8, 4) is 0 Å². The van der Waals surface area contributed by atoms with Crippen molar-refractivity contribution in [2.24, 2.45) is 0 Å². The SMILES string of the molecule is CN(C)c1ccc(CC(c2ccccc2)[C@@H]2NC(=O)[C@@H]2O)cc1. The third-order valence-corrected chi connectivity index (χ3v) is 4.49. The number of nitrogens with zero attached hydrogens (tertiary/aromatic N) is 1. The highest BCUT2D eigenvalue weighted by Gasteiger charge is 2.43. The van der Waals surface area contributed by atoms with Crippen molar-refractivity contribution in [2.45, 2.75) is 24.5 Å². The first-order chi connectivity index (χ1) is 11.1. The van der Waals surface area contributed by atoms with Crippen LogP contribution in [-0.4, -0.2) is 37.3 Å². The second-order valence-electron chi connectivity index (χ2n) is 6.26. The Morgan fingerprint density at radius 2 is 1.74 bits per heavy atom. The van der Waals surface area contributed by atoms with Crippen molar-refractivity contribution >= 4 is 11.6 Å². The fourth-order valence-electron chi connectivity index (χ4n) is 3.05. The van der Waals surface area contributed by atoms with Gasteiger partial charge in [-0.1, -0.05) is 42.5 Å². The third kappa shape index (κ3) is 3.22. The Labute approximate surface area is 136 Å². The minimum Gasteiger partial charge on any atom is -0.381 e. The molecule has 120 valence electrons. The predicted molar refractivity (Wildman–Crippen MR) is 91.6 cm³/mol. The van der Waals surface area contributed by atoms with Gasteiger partial charge >= 0.3 is 0 Å². The van der Waals surface area contributed by atoms with Crippen molar-refractivity contribution < 1.29 is 9.90 Å². The van der Waals surface area contributed by atoms with Crippen LogP contribution in [0.3, 0.4) is 0 Å². The number of aliphatic hydroxyl groups is 1. The minimum atomic E-state index is -0.916. The summed E-state index contributed by atoms with van der Waals surface area (Å²) in [5.74, 6) is -0.215. The average molecular weight is 310 g/mol. The van der Waals surface area contributed by atoms with E-state index < -0.39 is 6.10 Å². The van der Waals surface area contributed by atoms with Crippen molar-refractivity contribution in [3.05, 3.63) is 65.7 Å². The quantitative estimate of drug-likeness (QED) is 0.830. The topological polar surface area (TPSA) is 52.6 Å². The van der Waals surface area contributed by atoms with E-state index in [2.05, 4.69) is 46.6 Å². The van der Waals surface area contributed by atoms with Gasteiger partial charge in [-0.2, -0.15) is 0 Å². The summed E-state index contributed by atoms with van der Waals surface area (Å²) in [6.45, 7) is 0. The Morgan fingerprint density at radius 1 is 1.09 bits per heavy atom. The molecule has 1 saturated heterocycles. The molecule has 0 radical (unpaired) electrons. The van der Waals surface area contributed by atoms with Crippen LogP contribution in [0.2, 0.25) is 0 Å². The van der Waals surface area contributed by atoms with E-state index in [1.54, 1.807) is 0 Å². The Kier molecular flexibility index (Phi) is 4.35. The normalized spacial score (nSPS) is 21.3. The number of carbonyl (C=O) groups excluding carboxylic acids is 1. The van der Waals surface area contributed by atoms with Gasteiger partial charge in [-0.25, -0.2) is 0 Å². The van der Waals surface area contributed by atoms with E-state index in [9.17, 15) is 9.90 Å². The van der Waals surface area contributed by atoms with Crippen molar-refractivity contribution in [1.82, 2.24) is 5.32 Å². The number of β-lactam (4-membered cyclic amide) rings is 1. The molecular weight excluding hydrogens is 288 g/mol. The standard InChI is InChI=1S/C19H22N2O2/c1-21(2)15-10-8-13(9-11-15)12-16(14-6-4-3-5-7-14)17-18(22)19(23)20-17/h3-11,16-18,22H,12H2,1-2H3,(H,20,23)/t16?,17-,18+/m0/s1. The summed E-state index contributed by atoms with van der Waals surface area (Å²) in [6.07, 6.45) is -0.138. The van der Waals surface area contributed by atoms with Gasteiger partial charge in [0.25, 0.3) is 5.91 Å². The number of rotatable bonds is 5. The summed E-state index contributed by atoms with van der Waals surface area (Å²) in [5, 5.41) is 12.8. The lowest BCUT2D eigenvalue weighted by molar-refractivity contribution is -0.143. The first kappa shape index (κ1) is 15.6. The average Bonchev–Trinajstić information content (AvgIpc) is 2.59. The lowest BCUT2D eigenvalue weighted by Gasteiger charge is -2.39. The van der Waals surface area contributed by atoms with Gasteiger partial charge in [0.1, 0.15) is 0 Å². The van der Waals surface area contributed by atoms with Gasteiger partial charge in [-0.3, -0.25) is 4.79 Å². The van der Waals surface area contributed by atoms with Gasteiger partial charge in [0.15, 0.2) is 6.10 Å². The molecule has 1 heterocycles. The van der Waals surface area contributed by atoms with Gasteiger partial charge in [0.05, 0.1) is 6.04 Å². The van der Waals surface area contributed by atoms with Crippen molar-refractivity contribution in [1.29, 1.82) is 0 Å². The highest BCUT2D eigenvalue weighted by Crippen LogP contribution is 2.30. The summed E-state index contributed by atoms with van der Waals surface area (Å²) >= 11 is 0. The predicted octanol–water partition coefficient (Wildman–Crippen LogP) is 1.94. The second-order valence-corrected chi connectivity index (χ2v) is 6.26. The number of benzene rings is 2. The summed E-state index contributed by atoms with van der Waals surface area (Å²) in [6, 6.07) is 18.2. The molecule has 1 aliphatic rings. The Balaban J connectivity index is 1.83. The van der Waals surface area contributed by atoms with Crippen LogP contribution < -0.4 is 10.2 Å². The molecule has 1 fully saturated rings. The van der Waals surface area contributed by atoms with Crippen LogP contribution in [0, 0.1) is 0 Å². The third-order valence-electron chi connectivity index (χ3n) is 4.49. The lowest BCUT2D eigenvalue weighted by atomic mass is 9.79. The molecule has 4 nitrogen and oxygen atoms in total. The molecule has 3 rings (SSSR count). The molecule has 0 aromatic heterocycles. The first-order valence-electron chi connectivity index (χ1n) is 7.86. The van der Waals surface area contributed by atoms with Crippen molar-refractivity contribution in [2.75, 3.05) is 19.0 Å². The molecule has 2 aromatic carbocycles. The molecular formula is C19H22N2O2. The zero-order chi connectivity index (χ0) is 16.4. The lowest BCUT2D eigenvalue weighted by Crippen LogP contribution is -2.64. The first-order valence-corrected chi connectivity index (χ1v) is 7.86. The molecule has 1 amide bonds. The summed E-state index contributed by atoms with van der Waals surface area (Å²) < 4.78 is 0. The zero-order valence-corrected chi connectivity index (χ0v) is 13.4. The smallest absolute Gasteiger partial charge is 0.251 e. The monoisotopic (exact) mass is 310 g/mol. The summed E-state index contributed by atoms with van der Waals surface area (Å²) in [5.41, 5.74) is 3.48. The molecule has 23 heavy (non-hydrogen) atoms. The van der Waals surface area contributed by atoms with Crippen LogP contribution >= 0.6 is 0 Å². The van der Waals surface area contributed by atoms with Gasteiger partial charge in [-0.05, 0) is 29.7 Å². The molecule has 0 spiro atoms. The molecule has 0 saturated carbocycles. The minimum absolute atomic E-state index is 0.0640. The molecule has 1 aliphatic heterocycles. The zero-order valence-electron chi connectivity index (χ0n) is 13.4. The van der Waals surface area contributed by atoms with Crippen LogP contribution in [0.4, 0.5) is 5.69 Å². The molecule has 4 heteroatoms. The highest BCUT2D eigenvalue weighted by atomic mass is 16.3. The van der Waals surface area contributed by atoms with E-state index >= 15 is 0 Å². The molecule has 2 N–H and O–H groups in total. The number of nitrogens with one attached hydrogen (secondary N) is 1. The van der Waals surface area contributed by atoms with E-state index in [-0.39, 0.29) is 17.9 Å². The number of hydrogen-bond donors (Lipinski definition) is 2. The molecule has 2 aromatic rings. The Morgan fingerprint density at radius 3 is 2.26 bits per heavy atom. The van der Waals surface area contributed by atoms with Crippen LogP contribution in [0.25, 0.3) is 0 Å².